The first-order valence-electron chi connectivity index (χ1n) is 8.32. The lowest BCUT2D eigenvalue weighted by Crippen LogP contribution is -2.18. The number of carbonyl (C=O) groups excluding carboxylic acids is 1. The third kappa shape index (κ3) is 3.59. The van der Waals surface area contributed by atoms with Crippen molar-refractivity contribution in [2.75, 3.05) is 5.32 Å². The maximum Gasteiger partial charge on any atom is 0.238 e. The van der Waals surface area contributed by atoms with E-state index in [0.29, 0.717) is 5.56 Å². The highest BCUT2D eigenvalue weighted by molar-refractivity contribution is 7.89. The number of amides is 1. The fraction of sp³-hybridized carbons (Fsp3) is 0.316. The van der Waals surface area contributed by atoms with E-state index in [0.717, 1.165) is 17.7 Å². The number of sulfonamides is 1. The maximum atomic E-state index is 13.5. The van der Waals surface area contributed by atoms with Crippen LogP contribution in [-0.2, 0) is 14.8 Å². The quantitative estimate of drug-likeness (QED) is 0.834. The van der Waals surface area contributed by atoms with Gasteiger partial charge in [-0.1, -0.05) is 26.0 Å². The van der Waals surface area contributed by atoms with Gasteiger partial charge in [0.25, 0.3) is 0 Å². The van der Waals surface area contributed by atoms with Gasteiger partial charge in [-0.15, -0.1) is 0 Å². The van der Waals surface area contributed by atoms with Gasteiger partial charge in [-0.05, 0) is 41.7 Å². The van der Waals surface area contributed by atoms with Crippen LogP contribution in [0.15, 0.2) is 41.3 Å². The van der Waals surface area contributed by atoms with Crippen LogP contribution in [0.3, 0.4) is 0 Å². The van der Waals surface area contributed by atoms with E-state index >= 15 is 0 Å². The van der Waals surface area contributed by atoms with Crippen LogP contribution in [0.25, 0.3) is 0 Å². The molecule has 0 bridgehead atoms. The van der Waals surface area contributed by atoms with E-state index < -0.39 is 21.7 Å². The molecule has 8 heteroatoms. The third-order valence-corrected chi connectivity index (χ3v) is 6.13. The Morgan fingerprint density at radius 1 is 1.11 bits per heavy atom. The lowest BCUT2D eigenvalue weighted by molar-refractivity contribution is -0.118. The normalized spacial score (nSPS) is 21.0. The molecule has 1 aliphatic rings. The maximum absolute atomic E-state index is 13.5. The Bertz CT molecular complexity index is 1020. The van der Waals surface area contributed by atoms with Gasteiger partial charge < -0.3 is 5.32 Å². The lowest BCUT2D eigenvalue weighted by Gasteiger charge is -2.10. The van der Waals surface area contributed by atoms with Crippen LogP contribution in [0, 0.1) is 29.9 Å². The number of benzene rings is 2. The zero-order valence-corrected chi connectivity index (χ0v) is 15.9. The van der Waals surface area contributed by atoms with Gasteiger partial charge >= 0.3 is 0 Å². The molecule has 0 aliphatic heterocycles. The number of carbonyl (C=O) groups is 1. The Balaban J connectivity index is 1.81. The van der Waals surface area contributed by atoms with Crippen molar-refractivity contribution in [2.24, 2.45) is 16.5 Å². The number of nitrogens with two attached hydrogens (primary N) is 1. The van der Waals surface area contributed by atoms with Crippen molar-refractivity contribution in [1.82, 2.24) is 0 Å². The van der Waals surface area contributed by atoms with Crippen LogP contribution >= 0.6 is 0 Å². The Morgan fingerprint density at radius 2 is 1.67 bits per heavy atom. The Kier molecular flexibility index (Phi) is 4.60. The highest BCUT2D eigenvalue weighted by atomic mass is 32.2. The molecule has 27 heavy (non-hydrogen) atoms. The fourth-order valence-electron chi connectivity index (χ4n) is 3.61. The number of aryl methyl sites for hydroxylation is 1. The number of halogens is 2. The minimum Gasteiger partial charge on any atom is -0.325 e. The molecule has 2 atom stereocenters. The molecule has 3 N–H and O–H groups in total. The molecular formula is C19H20F2N2O3S. The summed E-state index contributed by atoms with van der Waals surface area (Å²) in [6.07, 6.45) is 0. The second-order valence-corrected chi connectivity index (χ2v) is 9.02. The smallest absolute Gasteiger partial charge is 0.238 e. The SMILES string of the molecule is Cc1cc(F)c(F)cc1NC(=O)[C@@H]1[C@@H](c2ccc(S(N)(=O)=O)cc2)C1(C)C. The van der Waals surface area contributed by atoms with E-state index in [1.165, 1.54) is 12.1 Å². The van der Waals surface area contributed by atoms with Crippen LogP contribution in [0.5, 0.6) is 0 Å². The number of rotatable bonds is 4. The molecule has 1 amide bonds. The Morgan fingerprint density at radius 3 is 2.22 bits per heavy atom. The molecule has 144 valence electrons. The standard InChI is InChI=1S/C19H20F2N2O3S/c1-10-8-13(20)14(21)9-15(10)23-18(24)17-16(19(17,2)3)11-4-6-12(7-5-11)27(22,25)26/h4-9,16-17H,1-3H3,(H,23,24)(H2,22,25,26)/t16-,17+/m1/s1. The Labute approximate surface area is 156 Å². The summed E-state index contributed by atoms with van der Waals surface area (Å²) in [4.78, 5) is 12.7. The average molecular weight is 394 g/mol. The van der Waals surface area contributed by atoms with Gasteiger partial charge in [0.1, 0.15) is 0 Å². The number of anilines is 1. The van der Waals surface area contributed by atoms with Crippen molar-refractivity contribution in [1.29, 1.82) is 0 Å². The topological polar surface area (TPSA) is 89.3 Å². The predicted octanol–water partition coefficient (Wildman–Crippen LogP) is 3.30. The molecule has 1 saturated carbocycles. The molecule has 0 saturated heterocycles. The number of hydrogen-bond acceptors (Lipinski definition) is 3. The molecular weight excluding hydrogens is 374 g/mol. The molecule has 0 unspecified atom stereocenters. The van der Waals surface area contributed by atoms with Crippen molar-refractivity contribution >= 4 is 21.6 Å². The first kappa shape index (κ1) is 19.4. The molecule has 0 aromatic heterocycles. The van der Waals surface area contributed by atoms with Crippen molar-refractivity contribution in [3.63, 3.8) is 0 Å². The first-order valence-corrected chi connectivity index (χ1v) is 9.87. The zero-order valence-electron chi connectivity index (χ0n) is 15.1. The fourth-order valence-corrected chi connectivity index (χ4v) is 4.12. The highest BCUT2D eigenvalue weighted by Crippen LogP contribution is 2.64. The van der Waals surface area contributed by atoms with Gasteiger partial charge in [-0.3, -0.25) is 4.79 Å². The van der Waals surface area contributed by atoms with E-state index in [1.807, 2.05) is 13.8 Å². The summed E-state index contributed by atoms with van der Waals surface area (Å²) in [6.45, 7) is 5.43. The van der Waals surface area contributed by atoms with Gasteiger partial charge in [0.15, 0.2) is 11.6 Å². The predicted molar refractivity (Wildman–Crippen MR) is 97.6 cm³/mol. The summed E-state index contributed by atoms with van der Waals surface area (Å²) in [5, 5.41) is 7.77. The summed E-state index contributed by atoms with van der Waals surface area (Å²) in [5.74, 6) is -2.80. The van der Waals surface area contributed by atoms with E-state index in [4.69, 9.17) is 5.14 Å². The number of primary sulfonamides is 1. The van der Waals surface area contributed by atoms with Crippen LogP contribution in [-0.4, -0.2) is 14.3 Å². The van der Waals surface area contributed by atoms with Crippen LogP contribution in [0.1, 0.15) is 30.9 Å². The average Bonchev–Trinajstić information content (AvgIpc) is 3.14. The zero-order chi connectivity index (χ0) is 20.1. The van der Waals surface area contributed by atoms with Gasteiger partial charge in [0, 0.05) is 17.7 Å². The molecule has 5 nitrogen and oxygen atoms in total. The van der Waals surface area contributed by atoms with Crippen LogP contribution in [0.4, 0.5) is 14.5 Å². The molecule has 3 rings (SSSR count). The molecule has 2 aromatic carbocycles. The van der Waals surface area contributed by atoms with Crippen molar-refractivity contribution in [3.05, 3.63) is 59.2 Å². The van der Waals surface area contributed by atoms with Gasteiger partial charge in [0.05, 0.1) is 10.8 Å². The number of hydrogen-bond donors (Lipinski definition) is 2. The largest absolute Gasteiger partial charge is 0.325 e. The van der Waals surface area contributed by atoms with Crippen molar-refractivity contribution in [3.8, 4) is 0 Å². The molecule has 1 fully saturated rings. The van der Waals surface area contributed by atoms with Crippen LogP contribution in [0.2, 0.25) is 0 Å². The third-order valence-electron chi connectivity index (χ3n) is 5.20. The monoisotopic (exact) mass is 394 g/mol. The van der Waals surface area contributed by atoms with Crippen molar-refractivity contribution < 1.29 is 22.0 Å². The van der Waals surface area contributed by atoms with Gasteiger partial charge in [-0.25, -0.2) is 22.3 Å². The Hall–Kier alpha value is -2.32. The molecule has 0 spiro atoms. The van der Waals surface area contributed by atoms with Crippen molar-refractivity contribution in [2.45, 2.75) is 31.6 Å². The molecule has 0 radical (unpaired) electrons. The molecule has 1 aliphatic carbocycles. The second-order valence-electron chi connectivity index (χ2n) is 7.46. The summed E-state index contributed by atoms with van der Waals surface area (Å²) >= 11 is 0. The minimum atomic E-state index is -3.78. The summed E-state index contributed by atoms with van der Waals surface area (Å²) in [6, 6.07) is 8.10. The van der Waals surface area contributed by atoms with Crippen LogP contribution < -0.4 is 10.5 Å². The summed E-state index contributed by atoms with van der Waals surface area (Å²) < 4.78 is 49.5. The first-order chi connectivity index (χ1) is 12.4. The summed E-state index contributed by atoms with van der Waals surface area (Å²) in [5.41, 5.74) is 1.11. The second kappa shape index (κ2) is 6.38. The molecule has 0 heterocycles. The molecule has 2 aromatic rings. The highest BCUT2D eigenvalue weighted by Gasteiger charge is 2.62. The van der Waals surface area contributed by atoms with Gasteiger partial charge in [-0.2, -0.15) is 0 Å². The van der Waals surface area contributed by atoms with E-state index in [-0.39, 0.29) is 33.7 Å². The van der Waals surface area contributed by atoms with Gasteiger partial charge in [0.2, 0.25) is 15.9 Å². The van der Waals surface area contributed by atoms with E-state index in [9.17, 15) is 22.0 Å². The minimum absolute atomic E-state index is 0.00289. The van der Waals surface area contributed by atoms with E-state index in [1.54, 1.807) is 19.1 Å². The number of nitrogens with one attached hydrogen (secondary N) is 1. The summed E-state index contributed by atoms with van der Waals surface area (Å²) in [7, 11) is -3.78. The van der Waals surface area contributed by atoms with E-state index in [2.05, 4.69) is 5.32 Å². The lowest BCUT2D eigenvalue weighted by atomic mass is 10.0.